The first-order chi connectivity index (χ1) is 25.1. The molecule has 0 radical (unpaired) electrons. The zero-order valence-corrected chi connectivity index (χ0v) is 29.2. The largest absolute Gasteiger partial charge is 0.395 e. The van der Waals surface area contributed by atoms with Crippen LogP contribution in [-0.4, -0.2) is 218 Å². The van der Waals surface area contributed by atoms with Crippen LogP contribution in [0.2, 0.25) is 0 Å². The smallest absolute Gasteiger partial charge is 0.217 e. The Morgan fingerprint density at radius 1 is 0.547 bits per heavy atom. The van der Waals surface area contributed by atoms with Gasteiger partial charge >= 0.3 is 0 Å². The topological polar surface area (TPSA) is 357 Å². The third-order valence-electron chi connectivity index (χ3n) is 9.48. The van der Waals surface area contributed by atoms with E-state index in [1.54, 1.807) is 0 Å². The predicted octanol–water partition coefficient (Wildman–Crippen LogP) is -9.06. The summed E-state index contributed by atoms with van der Waals surface area (Å²) in [6, 6.07) is -5.42. The van der Waals surface area contributed by atoms with Gasteiger partial charge in [0.1, 0.15) is 85.3 Å². The summed E-state index contributed by atoms with van der Waals surface area (Å²) in [7, 11) is 0. The van der Waals surface area contributed by atoms with Crippen LogP contribution < -0.4 is 21.3 Å². The number of nitrogens with one attached hydrogen (secondary N) is 4. The molecular formula is C30H52N4O19. The van der Waals surface area contributed by atoms with Crippen molar-refractivity contribution in [2.45, 2.75) is 137 Å². The summed E-state index contributed by atoms with van der Waals surface area (Å²) in [5, 5.41) is 115. The minimum Gasteiger partial charge on any atom is -0.395 e. The molecule has 4 rings (SSSR count). The molecule has 0 saturated carbocycles. The standard InChI is InChI=1S/C30H52N4O19/c1-9(39)32-17-22(45)21(44)14(6-36)48-28(17)52-26-16(8-38)50-30(19(24(26)47)34-11(3)41)53-27-15(7-37)49-29(18(23(27)46)33-10(2)40)51-25-12(5-35)31-4-13(42)20(25)43/h12-31,35-38,42-47H,4-8H2,1-3H3,(H,32,39)(H,33,40)(H,34,41)/t12-,13+,14-,15-,16-,17-,18-,19-,20-,21-,22-,23-,24-,25-,26-,27-,28+,29+,30+/m1/s1. The highest BCUT2D eigenvalue weighted by molar-refractivity contribution is 5.74. The van der Waals surface area contributed by atoms with E-state index in [0.717, 1.165) is 20.8 Å². The Hall–Kier alpha value is -2.27. The van der Waals surface area contributed by atoms with Gasteiger partial charge in [-0.3, -0.25) is 14.4 Å². The van der Waals surface area contributed by atoms with Crippen LogP contribution in [-0.2, 0) is 42.8 Å². The van der Waals surface area contributed by atoms with Crippen LogP contribution in [0.4, 0.5) is 0 Å². The second-order valence-corrected chi connectivity index (χ2v) is 13.4. The molecule has 4 aliphatic heterocycles. The first-order valence-corrected chi connectivity index (χ1v) is 17.1. The summed E-state index contributed by atoms with van der Waals surface area (Å²) in [5.74, 6) is -2.07. The van der Waals surface area contributed by atoms with E-state index in [0.29, 0.717) is 0 Å². The lowest BCUT2D eigenvalue weighted by Gasteiger charge is -2.50. The summed E-state index contributed by atoms with van der Waals surface area (Å²) in [4.78, 5) is 36.5. The molecular weight excluding hydrogens is 720 g/mol. The predicted molar refractivity (Wildman–Crippen MR) is 170 cm³/mol. The number of amides is 3. The van der Waals surface area contributed by atoms with Gasteiger partial charge in [0.05, 0.1) is 38.6 Å². The van der Waals surface area contributed by atoms with Crippen molar-refractivity contribution in [3.05, 3.63) is 0 Å². The van der Waals surface area contributed by atoms with E-state index in [9.17, 15) is 65.4 Å². The van der Waals surface area contributed by atoms with Crippen molar-refractivity contribution in [2.75, 3.05) is 33.0 Å². The lowest BCUT2D eigenvalue weighted by atomic mass is 9.93. The molecule has 53 heavy (non-hydrogen) atoms. The number of carbonyl (C=O) groups is 3. The van der Waals surface area contributed by atoms with Gasteiger partial charge in [0.15, 0.2) is 18.9 Å². The van der Waals surface area contributed by atoms with E-state index < -0.39 is 160 Å². The Morgan fingerprint density at radius 2 is 0.925 bits per heavy atom. The number of ether oxygens (including phenoxy) is 6. The number of hydrogen-bond acceptors (Lipinski definition) is 20. The van der Waals surface area contributed by atoms with Gasteiger partial charge in [-0.1, -0.05) is 0 Å². The molecule has 4 saturated heterocycles. The fourth-order valence-electron chi connectivity index (χ4n) is 6.84. The van der Waals surface area contributed by atoms with Crippen molar-refractivity contribution in [1.82, 2.24) is 21.3 Å². The van der Waals surface area contributed by atoms with Crippen molar-refractivity contribution in [3.8, 4) is 0 Å². The van der Waals surface area contributed by atoms with E-state index in [2.05, 4.69) is 21.3 Å². The molecule has 0 spiro atoms. The Bertz CT molecular complexity index is 1220. The van der Waals surface area contributed by atoms with E-state index >= 15 is 0 Å². The Morgan fingerprint density at radius 3 is 1.30 bits per heavy atom. The third-order valence-corrected chi connectivity index (χ3v) is 9.48. The van der Waals surface area contributed by atoms with Crippen LogP contribution in [0.5, 0.6) is 0 Å². The van der Waals surface area contributed by atoms with Gasteiger partial charge in [-0.25, -0.2) is 0 Å². The second kappa shape index (κ2) is 19.1. The van der Waals surface area contributed by atoms with Gasteiger partial charge in [0.2, 0.25) is 17.7 Å². The molecule has 0 aromatic heterocycles. The molecule has 0 aromatic rings. The van der Waals surface area contributed by atoms with Crippen molar-refractivity contribution < 1.29 is 93.9 Å². The number of rotatable bonds is 13. The van der Waals surface area contributed by atoms with Crippen molar-refractivity contribution in [1.29, 1.82) is 0 Å². The summed E-state index contributed by atoms with van der Waals surface area (Å²) in [6.07, 6.45) is -23.9. The molecule has 23 nitrogen and oxygen atoms in total. The summed E-state index contributed by atoms with van der Waals surface area (Å²) < 4.78 is 35.2. The number of carbonyl (C=O) groups excluding carboxylic acids is 3. The monoisotopic (exact) mass is 772 g/mol. The number of aliphatic hydroxyl groups is 10. The third kappa shape index (κ3) is 9.95. The molecule has 0 bridgehead atoms. The van der Waals surface area contributed by atoms with Crippen molar-refractivity contribution in [3.63, 3.8) is 0 Å². The van der Waals surface area contributed by atoms with E-state index in [1.165, 1.54) is 0 Å². The van der Waals surface area contributed by atoms with Crippen LogP contribution in [0.3, 0.4) is 0 Å². The quantitative estimate of drug-likeness (QED) is 0.0826. The van der Waals surface area contributed by atoms with Crippen LogP contribution in [0.1, 0.15) is 20.8 Å². The van der Waals surface area contributed by atoms with Gasteiger partial charge in [-0.2, -0.15) is 0 Å². The van der Waals surface area contributed by atoms with Gasteiger partial charge in [0.25, 0.3) is 0 Å². The highest BCUT2D eigenvalue weighted by Gasteiger charge is 2.55. The summed E-state index contributed by atoms with van der Waals surface area (Å²) >= 11 is 0. The maximum Gasteiger partial charge on any atom is 0.217 e. The van der Waals surface area contributed by atoms with Crippen LogP contribution in [0.15, 0.2) is 0 Å². The first-order valence-electron chi connectivity index (χ1n) is 17.1. The molecule has 14 N–H and O–H groups in total. The van der Waals surface area contributed by atoms with Gasteiger partial charge in [-0.05, 0) is 0 Å². The molecule has 4 heterocycles. The molecule has 0 aromatic carbocycles. The highest BCUT2D eigenvalue weighted by atomic mass is 16.7. The molecule has 4 aliphatic rings. The fraction of sp³-hybridized carbons (Fsp3) is 0.900. The van der Waals surface area contributed by atoms with Gasteiger partial charge in [0, 0.05) is 27.3 Å². The van der Waals surface area contributed by atoms with Gasteiger partial charge < -0.3 is 101 Å². The van der Waals surface area contributed by atoms with E-state index in [1.807, 2.05) is 0 Å². The zero-order valence-electron chi connectivity index (χ0n) is 29.2. The van der Waals surface area contributed by atoms with E-state index in [4.69, 9.17) is 28.4 Å². The maximum atomic E-state index is 12.3. The van der Waals surface area contributed by atoms with Gasteiger partial charge in [-0.15, -0.1) is 0 Å². The second-order valence-electron chi connectivity index (χ2n) is 13.4. The average Bonchev–Trinajstić information content (AvgIpc) is 3.10. The molecule has 19 atom stereocenters. The molecule has 23 heteroatoms. The number of piperidine rings is 1. The number of β-amino-alcohol motifs (C(OH)–C–C–N with tert-alkyl or cyclic N) is 1. The van der Waals surface area contributed by atoms with E-state index in [-0.39, 0.29) is 6.54 Å². The average molecular weight is 773 g/mol. The molecule has 4 fully saturated rings. The summed E-state index contributed by atoms with van der Waals surface area (Å²) in [6.45, 7) is 0.172. The Kier molecular flexibility index (Phi) is 15.6. The molecule has 3 amide bonds. The summed E-state index contributed by atoms with van der Waals surface area (Å²) in [5.41, 5.74) is 0. The Labute approximate surface area is 303 Å². The molecule has 0 unspecified atom stereocenters. The lowest BCUT2D eigenvalue weighted by Crippen LogP contribution is -2.71. The molecule has 306 valence electrons. The van der Waals surface area contributed by atoms with Crippen LogP contribution >= 0.6 is 0 Å². The number of aliphatic hydroxyl groups excluding tert-OH is 10. The van der Waals surface area contributed by atoms with Crippen LogP contribution in [0, 0.1) is 0 Å². The molecule has 0 aliphatic carbocycles. The van der Waals surface area contributed by atoms with Crippen molar-refractivity contribution >= 4 is 17.7 Å². The minimum absolute atomic E-state index is 0.0774. The first kappa shape index (κ1) is 43.5. The van der Waals surface area contributed by atoms with Crippen LogP contribution in [0.25, 0.3) is 0 Å². The highest BCUT2D eigenvalue weighted by Crippen LogP contribution is 2.33. The zero-order chi connectivity index (χ0) is 39.3. The van der Waals surface area contributed by atoms with Crippen molar-refractivity contribution in [2.24, 2.45) is 0 Å². The fourth-order valence-corrected chi connectivity index (χ4v) is 6.84. The Balaban J connectivity index is 1.60. The normalized spacial score (nSPS) is 44.9. The SMILES string of the molecule is CC(=O)N[C@H]1[C@H](O[C@H]2[C@H](O)[C@@H](O)CN[C@@H]2CO)O[C@H](CO)[C@@H](O[C@@H]2O[C@H](CO)[C@@H](O[C@@H]3O[C@H](CO)[C@@H](O)[C@H](O)[C@H]3NC(C)=O)[C@H](O)[C@H]2NC(C)=O)[C@@H]1O. The maximum absolute atomic E-state index is 12.3. The number of hydrogen-bond donors (Lipinski definition) is 14. The lowest BCUT2D eigenvalue weighted by molar-refractivity contribution is -0.357. The minimum atomic E-state index is -1.84.